The van der Waals surface area contributed by atoms with E-state index in [2.05, 4.69) is 0 Å². The molecule has 3 rings (SSSR count). The molecule has 0 radical (unpaired) electrons. The zero-order chi connectivity index (χ0) is 22.5. The van der Waals surface area contributed by atoms with Gasteiger partial charge in [0.25, 0.3) is 0 Å². The number of piperidine rings is 1. The van der Waals surface area contributed by atoms with Crippen molar-refractivity contribution in [2.45, 2.75) is 45.6 Å². The van der Waals surface area contributed by atoms with Crippen LogP contribution in [0.15, 0.2) is 54.6 Å². The summed E-state index contributed by atoms with van der Waals surface area (Å²) in [4.78, 5) is 26.2. The number of aliphatic hydroxyl groups excluding tert-OH is 1. The lowest BCUT2D eigenvalue weighted by Gasteiger charge is -2.41. The Balaban J connectivity index is 1.57. The first kappa shape index (κ1) is 22.8. The maximum atomic E-state index is 12.3. The number of esters is 1. The van der Waals surface area contributed by atoms with E-state index in [-0.39, 0.29) is 18.1 Å². The number of hydrogen-bond acceptors (Lipinski definition) is 5. The predicted octanol–water partition coefficient (Wildman–Crippen LogP) is 4.46. The van der Waals surface area contributed by atoms with Gasteiger partial charge in [0.15, 0.2) is 0 Å². The standard InChI is InChI=1S/C25H31NO5/c1-24(2,3)31-23(29)26-15-13-25(18-27,14-16-26)17-19-9-11-21(12-10-19)30-22(28)20-7-5-4-6-8-20/h4-12,27H,13-18H2,1-3H3. The molecule has 1 heterocycles. The molecule has 0 atom stereocenters. The van der Waals surface area contributed by atoms with Gasteiger partial charge in [-0.3, -0.25) is 0 Å². The van der Waals surface area contributed by atoms with Crippen LogP contribution in [0.2, 0.25) is 0 Å². The van der Waals surface area contributed by atoms with E-state index in [1.165, 1.54) is 0 Å². The van der Waals surface area contributed by atoms with Gasteiger partial charge in [-0.15, -0.1) is 0 Å². The minimum atomic E-state index is -0.520. The van der Waals surface area contributed by atoms with Crippen molar-refractivity contribution in [1.82, 2.24) is 4.90 Å². The number of amides is 1. The highest BCUT2D eigenvalue weighted by atomic mass is 16.6. The van der Waals surface area contributed by atoms with Gasteiger partial charge in [-0.05, 0) is 69.9 Å². The number of rotatable bonds is 5. The molecule has 0 saturated carbocycles. The second-order valence-corrected chi connectivity index (χ2v) is 9.20. The lowest BCUT2D eigenvalue weighted by Crippen LogP contribution is -2.47. The number of nitrogens with zero attached hydrogens (tertiary/aromatic N) is 1. The Morgan fingerprint density at radius 1 is 1.00 bits per heavy atom. The van der Waals surface area contributed by atoms with Crippen molar-refractivity contribution >= 4 is 12.1 Å². The summed E-state index contributed by atoms with van der Waals surface area (Å²) in [6.45, 7) is 6.74. The van der Waals surface area contributed by atoms with E-state index >= 15 is 0 Å². The maximum Gasteiger partial charge on any atom is 0.410 e. The number of likely N-dealkylation sites (tertiary alicyclic amines) is 1. The third kappa shape index (κ3) is 6.31. The molecule has 0 spiro atoms. The molecule has 1 fully saturated rings. The zero-order valence-corrected chi connectivity index (χ0v) is 18.5. The minimum absolute atomic E-state index is 0.0555. The van der Waals surface area contributed by atoms with Gasteiger partial charge in [-0.2, -0.15) is 0 Å². The third-order valence-electron chi connectivity index (χ3n) is 5.53. The van der Waals surface area contributed by atoms with E-state index in [9.17, 15) is 14.7 Å². The van der Waals surface area contributed by atoms with Crippen LogP contribution in [0.3, 0.4) is 0 Å². The van der Waals surface area contributed by atoms with Crippen molar-refractivity contribution < 1.29 is 24.2 Å². The minimum Gasteiger partial charge on any atom is -0.444 e. The number of benzene rings is 2. The van der Waals surface area contributed by atoms with Crippen LogP contribution < -0.4 is 4.74 Å². The Bertz CT molecular complexity index is 878. The van der Waals surface area contributed by atoms with E-state index in [0.29, 0.717) is 43.7 Å². The molecular weight excluding hydrogens is 394 g/mol. The van der Waals surface area contributed by atoms with Crippen LogP contribution in [0, 0.1) is 5.41 Å². The van der Waals surface area contributed by atoms with Gasteiger partial charge in [0.1, 0.15) is 11.4 Å². The fourth-order valence-corrected chi connectivity index (χ4v) is 3.73. The van der Waals surface area contributed by atoms with E-state index in [4.69, 9.17) is 9.47 Å². The SMILES string of the molecule is CC(C)(C)OC(=O)N1CCC(CO)(Cc2ccc(OC(=O)c3ccccc3)cc2)CC1. The normalized spacial score (nSPS) is 15.9. The molecule has 6 heteroatoms. The van der Waals surface area contributed by atoms with E-state index in [1.807, 2.05) is 39.0 Å². The molecule has 166 valence electrons. The number of aliphatic hydroxyl groups is 1. The fourth-order valence-electron chi connectivity index (χ4n) is 3.73. The van der Waals surface area contributed by atoms with Crippen molar-refractivity contribution in [1.29, 1.82) is 0 Å². The van der Waals surface area contributed by atoms with Crippen LogP contribution in [0.25, 0.3) is 0 Å². The van der Waals surface area contributed by atoms with Gasteiger partial charge in [-0.25, -0.2) is 9.59 Å². The Kier molecular flexibility index (Phi) is 7.01. The Labute approximate surface area is 183 Å². The summed E-state index contributed by atoms with van der Waals surface area (Å²) in [6, 6.07) is 16.3. The largest absolute Gasteiger partial charge is 0.444 e. The van der Waals surface area contributed by atoms with Crippen molar-refractivity contribution in [2.75, 3.05) is 19.7 Å². The topological polar surface area (TPSA) is 76.1 Å². The molecular formula is C25H31NO5. The predicted molar refractivity (Wildman–Crippen MR) is 118 cm³/mol. The number of carbonyl (C=O) groups is 2. The smallest absolute Gasteiger partial charge is 0.410 e. The average Bonchev–Trinajstić information content (AvgIpc) is 2.75. The Morgan fingerprint density at radius 2 is 1.61 bits per heavy atom. The lowest BCUT2D eigenvalue weighted by molar-refractivity contribution is -0.000202. The summed E-state index contributed by atoms with van der Waals surface area (Å²) in [5.41, 5.74) is 0.761. The van der Waals surface area contributed by atoms with Crippen molar-refractivity contribution in [3.05, 3.63) is 65.7 Å². The van der Waals surface area contributed by atoms with Gasteiger partial charge < -0.3 is 19.5 Å². The highest BCUT2D eigenvalue weighted by Crippen LogP contribution is 2.35. The second-order valence-electron chi connectivity index (χ2n) is 9.20. The zero-order valence-electron chi connectivity index (χ0n) is 18.5. The molecule has 1 N–H and O–H groups in total. The highest BCUT2D eigenvalue weighted by Gasteiger charge is 2.36. The van der Waals surface area contributed by atoms with Crippen LogP contribution in [0.4, 0.5) is 4.79 Å². The van der Waals surface area contributed by atoms with E-state index < -0.39 is 11.6 Å². The van der Waals surface area contributed by atoms with Gasteiger partial charge in [0.2, 0.25) is 0 Å². The van der Waals surface area contributed by atoms with Crippen LogP contribution in [-0.2, 0) is 11.2 Å². The van der Waals surface area contributed by atoms with Gasteiger partial charge in [-0.1, -0.05) is 30.3 Å². The average molecular weight is 426 g/mol. The number of ether oxygens (including phenoxy) is 2. The summed E-state index contributed by atoms with van der Waals surface area (Å²) in [6.07, 6.45) is 1.79. The van der Waals surface area contributed by atoms with Gasteiger partial charge in [0, 0.05) is 25.1 Å². The molecule has 1 aliphatic rings. The third-order valence-corrected chi connectivity index (χ3v) is 5.53. The lowest BCUT2D eigenvalue weighted by atomic mass is 9.74. The van der Waals surface area contributed by atoms with E-state index in [1.54, 1.807) is 41.3 Å². The summed E-state index contributed by atoms with van der Waals surface area (Å²) in [7, 11) is 0. The number of carbonyl (C=O) groups excluding carboxylic acids is 2. The second kappa shape index (κ2) is 9.52. The van der Waals surface area contributed by atoms with Crippen LogP contribution in [0.5, 0.6) is 5.75 Å². The monoisotopic (exact) mass is 425 g/mol. The van der Waals surface area contributed by atoms with Crippen molar-refractivity contribution in [3.63, 3.8) is 0 Å². The van der Waals surface area contributed by atoms with E-state index in [0.717, 1.165) is 5.56 Å². The highest BCUT2D eigenvalue weighted by molar-refractivity contribution is 5.90. The molecule has 1 aliphatic heterocycles. The maximum absolute atomic E-state index is 12.3. The molecule has 31 heavy (non-hydrogen) atoms. The molecule has 0 aromatic heterocycles. The Morgan fingerprint density at radius 3 is 2.16 bits per heavy atom. The van der Waals surface area contributed by atoms with Gasteiger partial charge >= 0.3 is 12.1 Å². The molecule has 2 aromatic carbocycles. The first-order valence-electron chi connectivity index (χ1n) is 10.6. The van der Waals surface area contributed by atoms with Crippen molar-refractivity contribution in [3.8, 4) is 5.75 Å². The summed E-state index contributed by atoms with van der Waals surface area (Å²) in [5.74, 6) is 0.0880. The summed E-state index contributed by atoms with van der Waals surface area (Å²) in [5, 5.41) is 10.1. The molecule has 6 nitrogen and oxygen atoms in total. The molecule has 1 saturated heterocycles. The van der Waals surface area contributed by atoms with Crippen molar-refractivity contribution in [2.24, 2.45) is 5.41 Å². The first-order valence-corrected chi connectivity index (χ1v) is 10.6. The van der Waals surface area contributed by atoms with Crippen LogP contribution >= 0.6 is 0 Å². The molecule has 0 unspecified atom stereocenters. The summed E-state index contributed by atoms with van der Waals surface area (Å²) < 4.78 is 10.9. The molecule has 0 bridgehead atoms. The summed E-state index contributed by atoms with van der Waals surface area (Å²) >= 11 is 0. The van der Waals surface area contributed by atoms with Crippen LogP contribution in [-0.4, -0.2) is 47.4 Å². The molecule has 0 aliphatic carbocycles. The molecule has 2 aromatic rings. The van der Waals surface area contributed by atoms with Gasteiger partial charge in [0.05, 0.1) is 5.56 Å². The Hall–Kier alpha value is -2.86. The first-order chi connectivity index (χ1) is 14.7. The fraction of sp³-hybridized carbons (Fsp3) is 0.440. The quantitative estimate of drug-likeness (QED) is 0.565. The number of hydrogen-bond donors (Lipinski definition) is 1. The molecule has 1 amide bonds. The van der Waals surface area contributed by atoms with Crippen LogP contribution in [0.1, 0.15) is 49.5 Å².